The Morgan fingerprint density at radius 2 is 1.11 bits per heavy atom. The molecule has 0 aliphatic rings. The zero-order chi connectivity index (χ0) is 5.21. The molecule has 0 saturated heterocycles. The molecule has 57 valence electrons. The van der Waals surface area contributed by atoms with E-state index in [1.807, 2.05) is 0 Å². The number of rotatable bonds is 0. The second kappa shape index (κ2) is 9.10. The van der Waals surface area contributed by atoms with Crippen molar-refractivity contribution < 1.29 is 32.7 Å². The van der Waals surface area contributed by atoms with Crippen molar-refractivity contribution in [1.29, 1.82) is 0 Å². The molecule has 0 fully saturated rings. The van der Waals surface area contributed by atoms with E-state index < -0.39 is 0 Å². The van der Waals surface area contributed by atoms with E-state index in [0.29, 0.717) is 5.41 Å². The molecule has 0 aliphatic carbocycles. The predicted molar refractivity (Wildman–Crippen MR) is 43.2 cm³/mol. The molecular formula is C8H22Y. The molecule has 0 atom stereocenters. The Bertz CT molecular complexity index is 34.3. The van der Waals surface area contributed by atoms with Crippen LogP contribution in [0.25, 0.3) is 0 Å². The van der Waals surface area contributed by atoms with Crippen molar-refractivity contribution in [1.82, 2.24) is 0 Å². The molecule has 9 heavy (non-hydrogen) atoms. The zero-order valence-electron chi connectivity index (χ0n) is 5.78. The van der Waals surface area contributed by atoms with Crippen molar-refractivity contribution in [3.63, 3.8) is 0 Å². The van der Waals surface area contributed by atoms with Crippen molar-refractivity contribution >= 4 is 0 Å². The summed E-state index contributed by atoms with van der Waals surface area (Å²) in [6.07, 6.45) is 1.27. The number of hydrogen-bond donors (Lipinski definition) is 0. The van der Waals surface area contributed by atoms with Gasteiger partial charge in [0.05, 0.1) is 0 Å². The first-order valence-electron chi connectivity index (χ1n) is 2.56. The van der Waals surface area contributed by atoms with Crippen LogP contribution in [0.2, 0.25) is 0 Å². The van der Waals surface area contributed by atoms with Gasteiger partial charge in [0.1, 0.15) is 0 Å². The van der Waals surface area contributed by atoms with Gasteiger partial charge in [-0.25, -0.2) is 0 Å². The molecule has 0 rings (SSSR count). The van der Waals surface area contributed by atoms with Crippen molar-refractivity contribution in [3.05, 3.63) is 0 Å². The molecule has 0 saturated carbocycles. The van der Waals surface area contributed by atoms with Gasteiger partial charge in [0, 0.05) is 32.7 Å². The van der Waals surface area contributed by atoms with Crippen molar-refractivity contribution in [3.8, 4) is 0 Å². The third kappa shape index (κ3) is 27.3. The minimum atomic E-state index is 0. The third-order valence-corrected chi connectivity index (χ3v) is 1.06. The molecular weight excluding hydrogens is 185 g/mol. The summed E-state index contributed by atoms with van der Waals surface area (Å²) in [5.74, 6) is 0. The van der Waals surface area contributed by atoms with Gasteiger partial charge in [0.25, 0.3) is 0 Å². The second-order valence-corrected chi connectivity index (χ2v) is 2.91. The van der Waals surface area contributed by atoms with Gasteiger partial charge >= 0.3 is 0 Å². The van der Waals surface area contributed by atoms with E-state index in [-0.39, 0.29) is 47.6 Å². The van der Waals surface area contributed by atoms with Crippen LogP contribution >= 0.6 is 0 Å². The molecule has 0 unspecified atom stereocenters. The van der Waals surface area contributed by atoms with Crippen LogP contribution in [0.1, 0.15) is 49.0 Å². The minimum absolute atomic E-state index is 0. The van der Waals surface area contributed by atoms with Crippen LogP contribution in [0, 0.1) is 5.41 Å². The average Bonchev–Trinajstić information content (AvgIpc) is 1.35. The van der Waals surface area contributed by atoms with E-state index in [0.717, 1.165) is 0 Å². The Balaban J connectivity index is -0.0000000417. The van der Waals surface area contributed by atoms with E-state index in [1.165, 1.54) is 6.42 Å². The first-order chi connectivity index (χ1) is 2.56. The van der Waals surface area contributed by atoms with E-state index in [9.17, 15) is 0 Å². The van der Waals surface area contributed by atoms with Crippen LogP contribution in [-0.4, -0.2) is 0 Å². The van der Waals surface area contributed by atoms with E-state index in [4.69, 9.17) is 0 Å². The summed E-state index contributed by atoms with van der Waals surface area (Å²) in [6.45, 7) is 8.94. The van der Waals surface area contributed by atoms with Crippen LogP contribution in [0.5, 0.6) is 0 Å². The van der Waals surface area contributed by atoms with Gasteiger partial charge in [0.15, 0.2) is 0 Å². The van der Waals surface area contributed by atoms with E-state index >= 15 is 0 Å². The smallest absolute Gasteiger partial charge is 0 e. The van der Waals surface area contributed by atoms with Gasteiger partial charge < -0.3 is 0 Å². The van der Waals surface area contributed by atoms with Gasteiger partial charge in [-0.2, -0.15) is 0 Å². The molecule has 0 aromatic rings. The van der Waals surface area contributed by atoms with Crippen LogP contribution in [0.15, 0.2) is 0 Å². The van der Waals surface area contributed by atoms with Crippen LogP contribution in [0.3, 0.4) is 0 Å². The summed E-state index contributed by atoms with van der Waals surface area (Å²) >= 11 is 0. The van der Waals surface area contributed by atoms with Crippen LogP contribution < -0.4 is 0 Å². The summed E-state index contributed by atoms with van der Waals surface area (Å²) < 4.78 is 0. The maximum absolute atomic E-state index is 2.24. The maximum Gasteiger partial charge on any atom is 0 e. The summed E-state index contributed by atoms with van der Waals surface area (Å²) in [7, 11) is 0. The van der Waals surface area contributed by atoms with Gasteiger partial charge in [-0.15, -0.1) is 0 Å². The van der Waals surface area contributed by atoms with Gasteiger partial charge in [-0.1, -0.05) is 49.0 Å². The SMILES string of the molecule is C.C.CCC(C)(C)C.[Y]. The van der Waals surface area contributed by atoms with Gasteiger partial charge in [-0.05, 0) is 5.41 Å². The number of hydrogen-bond acceptors (Lipinski definition) is 0. The summed E-state index contributed by atoms with van der Waals surface area (Å²) in [6, 6.07) is 0. The van der Waals surface area contributed by atoms with Crippen molar-refractivity contribution in [2.75, 3.05) is 0 Å². The summed E-state index contributed by atoms with van der Waals surface area (Å²) in [5, 5.41) is 0. The third-order valence-electron chi connectivity index (χ3n) is 1.06. The van der Waals surface area contributed by atoms with Crippen molar-refractivity contribution in [2.24, 2.45) is 5.41 Å². The average molecular weight is 207 g/mol. The Kier molecular flexibility index (Phi) is 22.7. The summed E-state index contributed by atoms with van der Waals surface area (Å²) in [4.78, 5) is 0. The molecule has 0 aromatic carbocycles. The van der Waals surface area contributed by atoms with Crippen LogP contribution in [-0.2, 0) is 32.7 Å². The topological polar surface area (TPSA) is 0 Å². The molecule has 1 radical (unpaired) electrons. The Labute approximate surface area is 86.7 Å². The fourth-order valence-corrected chi connectivity index (χ4v) is 0. The fourth-order valence-electron chi connectivity index (χ4n) is 0. The largest absolute Gasteiger partial charge is 0.0776 e. The molecule has 0 bridgehead atoms. The van der Waals surface area contributed by atoms with Gasteiger partial charge in [-0.3, -0.25) is 0 Å². The zero-order valence-corrected chi connectivity index (χ0v) is 8.62. The van der Waals surface area contributed by atoms with E-state index in [1.54, 1.807) is 0 Å². The first kappa shape index (κ1) is 22.5. The molecule has 0 aliphatic heterocycles. The predicted octanol–water partition coefficient (Wildman–Crippen LogP) is 3.71. The monoisotopic (exact) mass is 207 g/mol. The Morgan fingerprint density at radius 1 is 1.00 bits per heavy atom. The molecule has 0 amide bonds. The fraction of sp³-hybridized carbons (Fsp3) is 1.00. The summed E-state index contributed by atoms with van der Waals surface area (Å²) in [5.41, 5.74) is 0.542. The Morgan fingerprint density at radius 3 is 1.11 bits per heavy atom. The molecule has 0 spiro atoms. The molecule has 0 heterocycles. The standard InChI is InChI=1S/C6H14.2CH4.Y/c1-5-6(2,3)4;;;/h5H2,1-4H3;2*1H4;. The second-order valence-electron chi connectivity index (χ2n) is 2.91. The first-order valence-corrected chi connectivity index (χ1v) is 2.56. The molecule has 0 nitrogen and oxygen atoms in total. The minimum Gasteiger partial charge on any atom is -0.0776 e. The van der Waals surface area contributed by atoms with Crippen LogP contribution in [0.4, 0.5) is 0 Å². The van der Waals surface area contributed by atoms with Gasteiger partial charge in [0.2, 0.25) is 0 Å². The normalized spacial score (nSPS) is 8.00. The maximum atomic E-state index is 2.24. The van der Waals surface area contributed by atoms with E-state index in [2.05, 4.69) is 27.7 Å². The molecule has 0 N–H and O–H groups in total. The Hall–Kier alpha value is 1.10. The molecule has 1 heteroatoms. The quantitative estimate of drug-likeness (QED) is 0.568. The van der Waals surface area contributed by atoms with Crippen molar-refractivity contribution in [2.45, 2.75) is 49.0 Å². The molecule has 0 aromatic heterocycles.